The van der Waals surface area contributed by atoms with Crippen LogP contribution in [0.2, 0.25) is 10.0 Å². The molecule has 1 atom stereocenters. The van der Waals surface area contributed by atoms with Gasteiger partial charge in [0.2, 0.25) is 0 Å². The number of anilines is 1. The Balaban J connectivity index is 0.00000117. The highest BCUT2D eigenvalue weighted by Gasteiger charge is 2.26. The quantitative estimate of drug-likeness (QED) is 0.524. The fraction of sp³-hybridized carbons (Fsp3) is 0.263. The molecule has 2 aromatic rings. The molecule has 2 aromatic carbocycles. The van der Waals surface area contributed by atoms with Gasteiger partial charge in [-0.15, -0.1) is 0 Å². The van der Waals surface area contributed by atoms with E-state index < -0.39 is 0 Å². The van der Waals surface area contributed by atoms with Gasteiger partial charge in [0.05, 0.1) is 27.8 Å². The minimum atomic E-state index is -0.151. The molecule has 1 heterocycles. The smallest absolute Gasteiger partial charge is 0.257 e. The first-order valence-corrected chi connectivity index (χ1v) is 10.2. The highest BCUT2D eigenvalue weighted by Crippen LogP contribution is 2.29. The van der Waals surface area contributed by atoms with Crippen molar-refractivity contribution in [3.63, 3.8) is 0 Å². The van der Waals surface area contributed by atoms with Crippen LogP contribution in [0, 0.1) is 9.49 Å². The van der Waals surface area contributed by atoms with E-state index in [0.29, 0.717) is 28.0 Å². The zero-order valence-corrected chi connectivity index (χ0v) is 18.4. The molecule has 0 bridgehead atoms. The summed E-state index contributed by atoms with van der Waals surface area (Å²) in [5.74, 6) is 0.595. The Morgan fingerprint density at radius 2 is 1.88 bits per heavy atom. The highest BCUT2D eigenvalue weighted by atomic mass is 127. The molecular weight excluding hydrogens is 484 g/mol. The molecule has 26 heavy (non-hydrogen) atoms. The molecule has 0 saturated heterocycles. The van der Waals surface area contributed by atoms with Gasteiger partial charge < -0.3 is 5.32 Å². The predicted octanol–water partition coefficient (Wildman–Crippen LogP) is 5.82. The second-order valence-corrected chi connectivity index (χ2v) is 7.48. The Labute approximate surface area is 177 Å². The van der Waals surface area contributed by atoms with E-state index in [1.54, 1.807) is 18.2 Å². The summed E-state index contributed by atoms with van der Waals surface area (Å²) in [4.78, 5) is 12.5. The lowest BCUT2D eigenvalue weighted by atomic mass is 10.1. The Hall–Kier alpha value is -1.31. The largest absolute Gasteiger partial charge is 0.308 e. The van der Waals surface area contributed by atoms with Crippen LogP contribution in [-0.2, 0) is 0 Å². The molecule has 1 N–H and O–H groups in total. The van der Waals surface area contributed by atoms with Gasteiger partial charge in [-0.2, -0.15) is 5.10 Å². The molecule has 0 saturated carbocycles. The normalized spacial score (nSPS) is 15.8. The van der Waals surface area contributed by atoms with Crippen LogP contribution in [0.4, 0.5) is 5.69 Å². The molecule has 1 aliphatic rings. The second kappa shape index (κ2) is 9.58. The molecule has 1 unspecified atom stereocenters. The number of halogens is 3. The summed E-state index contributed by atoms with van der Waals surface area (Å²) >= 11 is 14.2. The van der Waals surface area contributed by atoms with Crippen LogP contribution < -0.4 is 10.3 Å². The van der Waals surface area contributed by atoms with Crippen LogP contribution in [0.25, 0.3) is 0 Å². The molecule has 3 rings (SSSR count). The minimum Gasteiger partial charge on any atom is -0.308 e. The fourth-order valence-electron chi connectivity index (χ4n) is 2.40. The number of nitrogens with one attached hydrogen (secondary N) is 1. The molecule has 0 radical (unpaired) electrons. The van der Waals surface area contributed by atoms with Crippen LogP contribution in [0.5, 0.6) is 0 Å². The van der Waals surface area contributed by atoms with Gasteiger partial charge in [-0.05, 0) is 52.9 Å². The van der Waals surface area contributed by atoms with Gasteiger partial charge in [0.15, 0.2) is 0 Å². The first-order valence-electron chi connectivity index (χ1n) is 8.32. The van der Waals surface area contributed by atoms with Crippen molar-refractivity contribution in [1.29, 1.82) is 0 Å². The average molecular weight is 504 g/mol. The summed E-state index contributed by atoms with van der Waals surface area (Å²) < 4.78 is 0.903. The van der Waals surface area contributed by atoms with E-state index in [2.05, 4.69) is 33.0 Å². The number of nitrogens with zero attached hydrogens (tertiary/aromatic N) is 2. The van der Waals surface area contributed by atoms with E-state index in [-0.39, 0.29) is 11.8 Å². The Bertz CT molecular complexity index is 826. The second-order valence-electron chi connectivity index (χ2n) is 5.50. The van der Waals surface area contributed by atoms with Gasteiger partial charge in [0, 0.05) is 9.49 Å². The van der Waals surface area contributed by atoms with Gasteiger partial charge in [-0.1, -0.05) is 56.1 Å². The summed E-state index contributed by atoms with van der Waals surface area (Å²) in [5, 5.41) is 10.2. The Morgan fingerprint density at radius 1 is 1.19 bits per heavy atom. The van der Waals surface area contributed by atoms with Crippen molar-refractivity contribution in [1.82, 2.24) is 5.32 Å². The van der Waals surface area contributed by atoms with Crippen molar-refractivity contribution >= 4 is 63.2 Å². The van der Waals surface area contributed by atoms with Crippen molar-refractivity contribution in [3.05, 3.63) is 61.6 Å². The number of amidine groups is 1. The molecule has 0 aromatic heterocycles. The summed E-state index contributed by atoms with van der Waals surface area (Å²) in [6.45, 7) is 6.69. The molecule has 4 nitrogen and oxygen atoms in total. The van der Waals surface area contributed by atoms with E-state index >= 15 is 0 Å². The van der Waals surface area contributed by atoms with Crippen LogP contribution in [0.1, 0.15) is 31.1 Å². The maximum absolute atomic E-state index is 12.5. The predicted molar refractivity (Wildman–Crippen MR) is 118 cm³/mol. The average Bonchev–Trinajstić information content (AvgIpc) is 3.00. The summed E-state index contributed by atoms with van der Waals surface area (Å²) in [6, 6.07) is 12.8. The van der Waals surface area contributed by atoms with Gasteiger partial charge in [-0.25, -0.2) is 0 Å². The lowest BCUT2D eigenvalue weighted by Crippen LogP contribution is -2.34. The molecule has 0 spiro atoms. The van der Waals surface area contributed by atoms with Crippen molar-refractivity contribution in [3.8, 4) is 0 Å². The zero-order valence-electron chi connectivity index (χ0n) is 14.8. The van der Waals surface area contributed by atoms with Crippen molar-refractivity contribution < 1.29 is 4.79 Å². The molecule has 0 aliphatic carbocycles. The molecule has 1 aliphatic heterocycles. The Kier molecular flexibility index (Phi) is 7.73. The first-order chi connectivity index (χ1) is 12.5. The summed E-state index contributed by atoms with van der Waals surface area (Å²) in [6.07, 6.45) is 0. The fourth-order valence-corrected chi connectivity index (χ4v) is 3.33. The number of hydrazone groups is 1. The molecule has 1 amide bonds. The third kappa shape index (κ3) is 4.90. The van der Waals surface area contributed by atoms with E-state index in [1.807, 2.05) is 50.0 Å². The minimum absolute atomic E-state index is 0.102. The topological polar surface area (TPSA) is 44.7 Å². The van der Waals surface area contributed by atoms with E-state index in [1.165, 1.54) is 0 Å². The number of hydrogen-bond acceptors (Lipinski definition) is 3. The molecule has 0 fully saturated rings. The monoisotopic (exact) mass is 503 g/mol. The number of carbonyl (C=O) groups excluding carboxylic acids is 1. The number of benzene rings is 2. The number of hydrogen-bond donors (Lipinski definition) is 1. The lowest BCUT2D eigenvalue weighted by molar-refractivity contribution is 0.0975. The summed E-state index contributed by atoms with van der Waals surface area (Å²) in [5.41, 5.74) is 1.48. The maximum atomic E-state index is 12.5. The summed E-state index contributed by atoms with van der Waals surface area (Å²) in [7, 11) is 0. The van der Waals surface area contributed by atoms with Crippen LogP contribution in [-0.4, -0.2) is 18.3 Å². The molecule has 7 heteroatoms. The van der Waals surface area contributed by atoms with Crippen molar-refractivity contribution in [2.24, 2.45) is 11.0 Å². The SMILES string of the molecule is CC.CC1CN(c2ccc(Cl)c(Cl)c2)N=C1NC(=O)c1ccccc1I. The number of carbonyl (C=O) groups is 1. The van der Waals surface area contributed by atoms with Crippen LogP contribution in [0.3, 0.4) is 0 Å². The Morgan fingerprint density at radius 3 is 2.54 bits per heavy atom. The van der Waals surface area contributed by atoms with Gasteiger partial charge in [0.1, 0.15) is 5.84 Å². The van der Waals surface area contributed by atoms with E-state index in [4.69, 9.17) is 23.2 Å². The first kappa shape index (κ1) is 21.0. The van der Waals surface area contributed by atoms with Gasteiger partial charge in [-0.3, -0.25) is 9.80 Å². The van der Waals surface area contributed by atoms with Crippen molar-refractivity contribution in [2.45, 2.75) is 20.8 Å². The zero-order chi connectivity index (χ0) is 19.3. The van der Waals surface area contributed by atoms with E-state index in [0.717, 1.165) is 9.26 Å². The highest BCUT2D eigenvalue weighted by molar-refractivity contribution is 14.1. The standard InChI is InChI=1S/C17H14Cl2IN3O.C2H6/c1-10-9-23(11-6-7-13(18)14(19)8-11)22-16(10)21-17(24)12-4-2-3-5-15(12)20;1-2/h2-8,10H,9H2,1H3,(H,21,22,24);1-2H3. The molecular formula is C19H20Cl2IN3O. The number of amides is 1. The maximum Gasteiger partial charge on any atom is 0.257 e. The third-order valence-corrected chi connectivity index (χ3v) is 5.38. The van der Waals surface area contributed by atoms with Crippen LogP contribution >= 0.6 is 45.8 Å². The molecule has 138 valence electrons. The number of rotatable bonds is 2. The van der Waals surface area contributed by atoms with E-state index in [9.17, 15) is 4.79 Å². The lowest BCUT2D eigenvalue weighted by Gasteiger charge is -2.14. The van der Waals surface area contributed by atoms with Gasteiger partial charge in [0.25, 0.3) is 5.91 Å². The van der Waals surface area contributed by atoms with Crippen LogP contribution in [0.15, 0.2) is 47.6 Å². The third-order valence-electron chi connectivity index (χ3n) is 3.70. The van der Waals surface area contributed by atoms with Crippen molar-refractivity contribution in [2.75, 3.05) is 11.6 Å². The van der Waals surface area contributed by atoms with Gasteiger partial charge >= 0.3 is 0 Å².